The predicted molar refractivity (Wildman–Crippen MR) is 149 cm³/mol. The van der Waals surface area contributed by atoms with Crippen LogP contribution in [0, 0.1) is 0 Å². The highest BCUT2D eigenvalue weighted by Crippen LogP contribution is 2.33. The number of carbonyl (C=O) groups is 2. The lowest BCUT2D eigenvalue weighted by molar-refractivity contribution is -0.122. The van der Waals surface area contributed by atoms with E-state index in [-0.39, 0.29) is 30.4 Å². The molecule has 1 fully saturated rings. The standard InChI is InChI=1S/C29H30ClN5O5/c1-17(18-4-5-24-25(13-18)40-11-10-39-24)32-26(36)16-35-15-20-3-2-19(12-22(20)28(35)37)27-23(30)14-31-29(34-27)33-21-6-8-38-9-7-21/h2-5,12-14,17,21H,6-11,15-16H2,1H3,(H,32,36)(H,31,33,34). The van der Waals surface area contributed by atoms with E-state index in [0.29, 0.717) is 72.3 Å². The first-order chi connectivity index (χ1) is 19.4. The summed E-state index contributed by atoms with van der Waals surface area (Å²) in [6, 6.07) is 11.2. The second-order valence-electron chi connectivity index (χ2n) is 10.1. The molecule has 1 aromatic heterocycles. The lowest BCUT2D eigenvalue weighted by Gasteiger charge is -2.23. The highest BCUT2D eigenvalue weighted by Gasteiger charge is 2.30. The van der Waals surface area contributed by atoms with E-state index >= 15 is 0 Å². The van der Waals surface area contributed by atoms with Crippen LogP contribution in [0.25, 0.3) is 11.3 Å². The number of amides is 2. The minimum absolute atomic E-state index is 0.0504. The van der Waals surface area contributed by atoms with Crippen LogP contribution >= 0.6 is 11.6 Å². The van der Waals surface area contributed by atoms with Gasteiger partial charge in [-0.05, 0) is 49.1 Å². The zero-order valence-corrected chi connectivity index (χ0v) is 22.9. The van der Waals surface area contributed by atoms with E-state index in [9.17, 15) is 9.59 Å². The number of nitrogens with one attached hydrogen (secondary N) is 2. The fourth-order valence-electron chi connectivity index (χ4n) is 5.17. The Labute approximate surface area is 237 Å². The Morgan fingerprint density at radius 2 is 1.90 bits per heavy atom. The summed E-state index contributed by atoms with van der Waals surface area (Å²) in [5, 5.41) is 6.74. The maximum atomic E-state index is 13.3. The molecule has 2 N–H and O–H groups in total. The second kappa shape index (κ2) is 11.3. The van der Waals surface area contributed by atoms with Gasteiger partial charge >= 0.3 is 0 Å². The van der Waals surface area contributed by atoms with Crippen molar-refractivity contribution in [3.05, 3.63) is 64.3 Å². The van der Waals surface area contributed by atoms with Crippen molar-refractivity contribution in [1.82, 2.24) is 20.2 Å². The third-order valence-electron chi connectivity index (χ3n) is 7.34. The first-order valence-electron chi connectivity index (χ1n) is 13.4. The summed E-state index contributed by atoms with van der Waals surface area (Å²) < 4.78 is 16.6. The van der Waals surface area contributed by atoms with Crippen LogP contribution in [-0.2, 0) is 16.1 Å². The normalized spacial score (nSPS) is 17.4. The van der Waals surface area contributed by atoms with Crippen molar-refractivity contribution in [1.29, 1.82) is 0 Å². The van der Waals surface area contributed by atoms with Crippen LogP contribution in [-0.4, -0.2) is 65.7 Å². The van der Waals surface area contributed by atoms with E-state index in [0.717, 1.165) is 24.0 Å². The Bertz CT molecular complexity index is 1440. The smallest absolute Gasteiger partial charge is 0.254 e. The zero-order chi connectivity index (χ0) is 27.6. The van der Waals surface area contributed by atoms with Gasteiger partial charge in [0.05, 0.1) is 23.0 Å². The van der Waals surface area contributed by atoms with Gasteiger partial charge in [0, 0.05) is 36.9 Å². The van der Waals surface area contributed by atoms with Gasteiger partial charge in [-0.1, -0.05) is 29.8 Å². The van der Waals surface area contributed by atoms with Crippen molar-refractivity contribution >= 4 is 29.4 Å². The van der Waals surface area contributed by atoms with Gasteiger partial charge in [0.25, 0.3) is 5.91 Å². The molecule has 1 saturated heterocycles. The van der Waals surface area contributed by atoms with Crippen molar-refractivity contribution in [2.45, 2.75) is 38.4 Å². The number of rotatable bonds is 7. The second-order valence-corrected chi connectivity index (χ2v) is 10.6. The van der Waals surface area contributed by atoms with Crippen molar-refractivity contribution < 1.29 is 23.8 Å². The van der Waals surface area contributed by atoms with Crippen LogP contribution in [0.5, 0.6) is 11.5 Å². The van der Waals surface area contributed by atoms with Gasteiger partial charge in [0.2, 0.25) is 11.9 Å². The molecule has 208 valence electrons. The van der Waals surface area contributed by atoms with Crippen molar-refractivity contribution in [2.75, 3.05) is 38.3 Å². The maximum Gasteiger partial charge on any atom is 0.254 e. The summed E-state index contributed by atoms with van der Waals surface area (Å²) in [5.41, 5.74) is 3.55. The molecule has 0 saturated carbocycles. The lowest BCUT2D eigenvalue weighted by Crippen LogP contribution is -2.38. The first kappa shape index (κ1) is 26.3. The Kier molecular flexibility index (Phi) is 7.44. The molecule has 1 unspecified atom stereocenters. The summed E-state index contributed by atoms with van der Waals surface area (Å²) in [7, 11) is 0. The number of benzene rings is 2. The number of hydrogen-bond donors (Lipinski definition) is 2. The Morgan fingerprint density at radius 3 is 2.73 bits per heavy atom. The van der Waals surface area contributed by atoms with Crippen LogP contribution in [0.15, 0.2) is 42.6 Å². The molecule has 0 aliphatic carbocycles. The van der Waals surface area contributed by atoms with Gasteiger partial charge < -0.3 is 29.7 Å². The van der Waals surface area contributed by atoms with Crippen molar-refractivity contribution in [3.63, 3.8) is 0 Å². The van der Waals surface area contributed by atoms with E-state index in [4.69, 9.17) is 25.8 Å². The number of anilines is 1. The SMILES string of the molecule is CC(NC(=O)CN1Cc2ccc(-c3nc(NC4CCOCC4)ncc3Cl)cc2C1=O)c1ccc2c(c1)OCCO2. The third-order valence-corrected chi connectivity index (χ3v) is 7.62. The number of ether oxygens (including phenoxy) is 3. The molecule has 0 bridgehead atoms. The summed E-state index contributed by atoms with van der Waals surface area (Å²) in [6.45, 7) is 4.63. The molecule has 0 spiro atoms. The van der Waals surface area contributed by atoms with Gasteiger partial charge in [0.15, 0.2) is 11.5 Å². The number of carbonyl (C=O) groups excluding carboxylic acids is 2. The Morgan fingerprint density at radius 1 is 1.10 bits per heavy atom. The van der Waals surface area contributed by atoms with Crippen LogP contribution < -0.4 is 20.1 Å². The average molecular weight is 564 g/mol. The monoisotopic (exact) mass is 563 g/mol. The molecule has 40 heavy (non-hydrogen) atoms. The van der Waals surface area contributed by atoms with Crippen molar-refractivity contribution in [2.24, 2.45) is 0 Å². The van der Waals surface area contributed by atoms with Crippen LogP contribution in [0.3, 0.4) is 0 Å². The number of hydrogen-bond acceptors (Lipinski definition) is 8. The van der Waals surface area contributed by atoms with Gasteiger partial charge in [-0.25, -0.2) is 9.97 Å². The van der Waals surface area contributed by atoms with E-state index < -0.39 is 0 Å². The first-order valence-corrected chi connectivity index (χ1v) is 13.8. The minimum atomic E-state index is -0.265. The molecule has 10 nitrogen and oxygen atoms in total. The van der Waals surface area contributed by atoms with Crippen LogP contribution in [0.1, 0.15) is 47.3 Å². The van der Waals surface area contributed by atoms with Crippen LogP contribution in [0.4, 0.5) is 5.95 Å². The fourth-order valence-corrected chi connectivity index (χ4v) is 5.37. The van der Waals surface area contributed by atoms with E-state index in [1.165, 1.54) is 0 Å². The Hall–Kier alpha value is -3.89. The van der Waals surface area contributed by atoms with Gasteiger partial charge in [-0.3, -0.25) is 9.59 Å². The number of nitrogens with zero attached hydrogens (tertiary/aromatic N) is 3. The summed E-state index contributed by atoms with van der Waals surface area (Å²) >= 11 is 6.46. The highest BCUT2D eigenvalue weighted by molar-refractivity contribution is 6.33. The third kappa shape index (κ3) is 5.55. The molecular weight excluding hydrogens is 534 g/mol. The molecule has 3 aliphatic heterocycles. The maximum absolute atomic E-state index is 13.3. The average Bonchev–Trinajstić information content (AvgIpc) is 3.28. The molecule has 3 aromatic rings. The molecule has 4 heterocycles. The molecule has 2 aromatic carbocycles. The van der Waals surface area contributed by atoms with Crippen LogP contribution in [0.2, 0.25) is 5.02 Å². The van der Waals surface area contributed by atoms with Crippen molar-refractivity contribution in [3.8, 4) is 22.8 Å². The minimum Gasteiger partial charge on any atom is -0.486 e. The van der Waals surface area contributed by atoms with E-state index in [1.807, 2.05) is 37.3 Å². The quantitative estimate of drug-likeness (QED) is 0.443. The largest absolute Gasteiger partial charge is 0.486 e. The lowest BCUT2D eigenvalue weighted by atomic mass is 10.0. The highest BCUT2D eigenvalue weighted by atomic mass is 35.5. The van der Waals surface area contributed by atoms with E-state index in [2.05, 4.69) is 20.6 Å². The molecule has 0 radical (unpaired) electrons. The summed E-state index contributed by atoms with van der Waals surface area (Å²) in [4.78, 5) is 36.7. The molecule has 6 rings (SSSR count). The predicted octanol–water partition coefficient (Wildman–Crippen LogP) is 3.99. The fraction of sp³-hybridized carbons (Fsp3) is 0.379. The summed E-state index contributed by atoms with van der Waals surface area (Å²) in [5.74, 6) is 1.41. The summed E-state index contributed by atoms with van der Waals surface area (Å²) in [6.07, 6.45) is 3.33. The van der Waals surface area contributed by atoms with E-state index in [1.54, 1.807) is 17.2 Å². The number of halogens is 1. The molecule has 2 amide bonds. The van der Waals surface area contributed by atoms with Gasteiger partial charge in [0.1, 0.15) is 19.8 Å². The molecule has 11 heteroatoms. The zero-order valence-electron chi connectivity index (χ0n) is 22.1. The topological polar surface area (TPSA) is 115 Å². The Balaban J connectivity index is 1.11. The number of fused-ring (bicyclic) bond motifs is 2. The van der Waals surface area contributed by atoms with Gasteiger partial charge in [-0.15, -0.1) is 0 Å². The number of aromatic nitrogens is 2. The molecule has 1 atom stereocenters. The van der Waals surface area contributed by atoms with Gasteiger partial charge in [-0.2, -0.15) is 0 Å². The molecule has 3 aliphatic rings. The molecular formula is C29H30ClN5O5.